The fourth-order valence-electron chi connectivity index (χ4n) is 3.08. The SMILES string of the molecule is COC(=O)c1c(NC(=O)OC(C)(C)C)cc(Br)c2c1ncn2Cc1ccc(OC)cc1. The largest absolute Gasteiger partial charge is 0.497 e. The second-order valence-electron chi connectivity index (χ2n) is 7.82. The van der Waals surface area contributed by atoms with Crippen molar-refractivity contribution < 1.29 is 23.8 Å². The van der Waals surface area contributed by atoms with Crippen molar-refractivity contribution in [3.63, 3.8) is 0 Å². The molecule has 0 saturated heterocycles. The number of hydrogen-bond donors (Lipinski definition) is 1. The molecule has 2 aromatic carbocycles. The predicted octanol–water partition coefficient (Wildman–Crippen LogP) is 4.99. The van der Waals surface area contributed by atoms with Gasteiger partial charge in [0.05, 0.1) is 31.8 Å². The number of esters is 1. The maximum absolute atomic E-state index is 12.6. The lowest BCUT2D eigenvalue weighted by molar-refractivity contribution is 0.0604. The molecule has 0 unspecified atom stereocenters. The van der Waals surface area contributed by atoms with Gasteiger partial charge in [-0.3, -0.25) is 5.32 Å². The molecule has 0 aliphatic rings. The molecule has 0 saturated carbocycles. The fourth-order valence-corrected chi connectivity index (χ4v) is 3.72. The highest BCUT2D eigenvalue weighted by atomic mass is 79.9. The molecule has 1 N–H and O–H groups in total. The number of amides is 1. The van der Waals surface area contributed by atoms with Gasteiger partial charge in [0.15, 0.2) is 0 Å². The zero-order chi connectivity index (χ0) is 22.8. The average molecular weight is 490 g/mol. The second kappa shape index (κ2) is 8.97. The maximum atomic E-state index is 12.6. The first-order chi connectivity index (χ1) is 14.6. The topological polar surface area (TPSA) is 91.7 Å². The first-order valence-corrected chi connectivity index (χ1v) is 10.3. The summed E-state index contributed by atoms with van der Waals surface area (Å²) in [5.74, 6) is 0.157. The molecule has 164 valence electrons. The zero-order valence-corrected chi connectivity index (χ0v) is 19.6. The Bertz CT molecular complexity index is 1120. The molecular formula is C22H24BrN3O5. The highest BCUT2D eigenvalue weighted by Crippen LogP contribution is 2.34. The van der Waals surface area contributed by atoms with Gasteiger partial charge in [-0.15, -0.1) is 0 Å². The highest BCUT2D eigenvalue weighted by molar-refractivity contribution is 9.10. The molecule has 0 bridgehead atoms. The van der Waals surface area contributed by atoms with Crippen LogP contribution < -0.4 is 10.1 Å². The fraction of sp³-hybridized carbons (Fsp3) is 0.318. The lowest BCUT2D eigenvalue weighted by Crippen LogP contribution is -2.28. The van der Waals surface area contributed by atoms with Gasteiger partial charge in [-0.25, -0.2) is 14.6 Å². The van der Waals surface area contributed by atoms with Crippen molar-refractivity contribution in [3.8, 4) is 5.75 Å². The lowest BCUT2D eigenvalue weighted by atomic mass is 10.1. The van der Waals surface area contributed by atoms with Crippen LogP contribution >= 0.6 is 15.9 Å². The highest BCUT2D eigenvalue weighted by Gasteiger charge is 2.25. The molecule has 31 heavy (non-hydrogen) atoms. The van der Waals surface area contributed by atoms with Crippen molar-refractivity contribution in [1.82, 2.24) is 9.55 Å². The van der Waals surface area contributed by atoms with E-state index in [0.717, 1.165) is 11.3 Å². The molecule has 1 heterocycles. The first kappa shape index (κ1) is 22.6. The molecule has 0 atom stereocenters. The lowest BCUT2D eigenvalue weighted by Gasteiger charge is -2.20. The van der Waals surface area contributed by atoms with Crippen LogP contribution in [0.4, 0.5) is 10.5 Å². The Kier molecular flexibility index (Phi) is 6.54. The van der Waals surface area contributed by atoms with Crippen LogP contribution in [0.25, 0.3) is 11.0 Å². The van der Waals surface area contributed by atoms with Gasteiger partial charge in [0.1, 0.15) is 22.4 Å². The number of hydrogen-bond acceptors (Lipinski definition) is 6. The van der Waals surface area contributed by atoms with Crippen LogP contribution in [0.1, 0.15) is 36.7 Å². The van der Waals surface area contributed by atoms with Gasteiger partial charge in [-0.05, 0) is 60.5 Å². The third kappa shape index (κ3) is 5.16. The number of nitrogens with zero attached hydrogens (tertiary/aromatic N) is 2. The average Bonchev–Trinajstić information content (AvgIpc) is 3.10. The summed E-state index contributed by atoms with van der Waals surface area (Å²) in [6.45, 7) is 5.80. The smallest absolute Gasteiger partial charge is 0.412 e. The normalized spacial score (nSPS) is 11.3. The van der Waals surface area contributed by atoms with E-state index in [1.807, 2.05) is 28.8 Å². The van der Waals surface area contributed by atoms with Crippen LogP contribution in [-0.2, 0) is 16.0 Å². The van der Waals surface area contributed by atoms with Crippen LogP contribution in [0, 0.1) is 0 Å². The van der Waals surface area contributed by atoms with Crippen molar-refractivity contribution in [3.05, 3.63) is 52.3 Å². The van der Waals surface area contributed by atoms with E-state index in [2.05, 4.69) is 26.2 Å². The van der Waals surface area contributed by atoms with E-state index >= 15 is 0 Å². The Balaban J connectivity index is 2.03. The number of nitrogens with one attached hydrogen (secondary N) is 1. The Morgan fingerprint density at radius 3 is 2.42 bits per heavy atom. The molecule has 0 fully saturated rings. The van der Waals surface area contributed by atoms with Gasteiger partial charge in [0.2, 0.25) is 0 Å². The van der Waals surface area contributed by atoms with E-state index in [1.165, 1.54) is 7.11 Å². The summed E-state index contributed by atoms with van der Waals surface area (Å²) in [7, 11) is 2.90. The van der Waals surface area contributed by atoms with Gasteiger partial charge >= 0.3 is 12.1 Å². The molecule has 1 amide bonds. The van der Waals surface area contributed by atoms with E-state index in [1.54, 1.807) is 40.3 Å². The molecule has 0 aliphatic heterocycles. The first-order valence-electron chi connectivity index (χ1n) is 9.51. The van der Waals surface area contributed by atoms with E-state index in [4.69, 9.17) is 14.2 Å². The number of carbonyl (C=O) groups is 2. The number of halogens is 1. The van der Waals surface area contributed by atoms with Gasteiger partial charge < -0.3 is 18.8 Å². The molecule has 0 aliphatic carbocycles. The van der Waals surface area contributed by atoms with Crippen molar-refractivity contribution in [2.24, 2.45) is 0 Å². The summed E-state index contributed by atoms with van der Waals surface area (Å²) < 4.78 is 18.0. The summed E-state index contributed by atoms with van der Waals surface area (Å²) in [6.07, 6.45) is 0.963. The van der Waals surface area contributed by atoms with Crippen molar-refractivity contribution in [1.29, 1.82) is 0 Å². The molecule has 0 radical (unpaired) electrons. The second-order valence-corrected chi connectivity index (χ2v) is 8.67. The minimum Gasteiger partial charge on any atom is -0.497 e. The van der Waals surface area contributed by atoms with Crippen LogP contribution in [0.2, 0.25) is 0 Å². The Morgan fingerprint density at radius 1 is 1.16 bits per heavy atom. The third-order valence-electron chi connectivity index (χ3n) is 4.38. The summed E-state index contributed by atoms with van der Waals surface area (Å²) in [5, 5.41) is 2.63. The molecule has 3 rings (SSSR count). The Hall–Kier alpha value is -3.07. The van der Waals surface area contributed by atoms with Gasteiger partial charge in [-0.2, -0.15) is 0 Å². The number of ether oxygens (including phenoxy) is 3. The van der Waals surface area contributed by atoms with Crippen molar-refractivity contribution >= 4 is 44.7 Å². The summed E-state index contributed by atoms with van der Waals surface area (Å²) in [4.78, 5) is 29.3. The third-order valence-corrected chi connectivity index (χ3v) is 4.98. The Labute approximate surface area is 188 Å². The minimum atomic E-state index is -0.684. The van der Waals surface area contributed by atoms with Gasteiger partial charge in [0, 0.05) is 11.0 Å². The predicted molar refractivity (Wildman–Crippen MR) is 121 cm³/mol. The summed E-state index contributed by atoms with van der Waals surface area (Å²) in [6, 6.07) is 9.32. The quantitative estimate of drug-likeness (QED) is 0.507. The summed E-state index contributed by atoms with van der Waals surface area (Å²) in [5.41, 5.74) is 1.85. The molecule has 0 spiro atoms. The standard InChI is InChI=1S/C22H24BrN3O5/c1-22(2,3)31-21(28)25-16-10-15(23)19-18(17(16)20(27)30-5)24-12-26(19)11-13-6-8-14(29-4)9-7-13/h6-10,12H,11H2,1-5H3,(H,25,28). The Morgan fingerprint density at radius 2 is 1.84 bits per heavy atom. The minimum absolute atomic E-state index is 0.153. The number of imidazole rings is 1. The molecule has 3 aromatic rings. The van der Waals surface area contributed by atoms with Gasteiger partial charge in [-0.1, -0.05) is 12.1 Å². The molecule has 1 aromatic heterocycles. The zero-order valence-electron chi connectivity index (χ0n) is 18.0. The number of benzene rings is 2. The van der Waals surface area contributed by atoms with Crippen molar-refractivity contribution in [2.45, 2.75) is 32.9 Å². The van der Waals surface area contributed by atoms with Crippen molar-refractivity contribution in [2.75, 3.05) is 19.5 Å². The number of methoxy groups -OCH3 is 2. The van der Waals surface area contributed by atoms with Gasteiger partial charge in [0.25, 0.3) is 0 Å². The van der Waals surface area contributed by atoms with E-state index in [-0.39, 0.29) is 11.3 Å². The van der Waals surface area contributed by atoms with E-state index < -0.39 is 17.7 Å². The molecular weight excluding hydrogens is 466 g/mol. The monoisotopic (exact) mass is 489 g/mol. The van der Waals surface area contributed by atoms with Crippen LogP contribution in [0.5, 0.6) is 5.75 Å². The number of aromatic nitrogens is 2. The number of anilines is 1. The molecule has 9 heteroatoms. The van der Waals surface area contributed by atoms with Crippen LogP contribution in [0.3, 0.4) is 0 Å². The van der Waals surface area contributed by atoms with Crippen LogP contribution in [0.15, 0.2) is 41.1 Å². The molecule has 8 nitrogen and oxygen atoms in total. The summed E-state index contributed by atoms with van der Waals surface area (Å²) >= 11 is 3.55. The maximum Gasteiger partial charge on any atom is 0.412 e. The van der Waals surface area contributed by atoms with E-state index in [9.17, 15) is 9.59 Å². The number of carbonyl (C=O) groups excluding carboxylic acids is 2. The van der Waals surface area contributed by atoms with Crippen LogP contribution in [-0.4, -0.2) is 41.4 Å². The number of fused-ring (bicyclic) bond motifs is 1. The number of rotatable bonds is 5. The van der Waals surface area contributed by atoms with E-state index in [0.29, 0.717) is 22.1 Å².